The van der Waals surface area contributed by atoms with Crippen LogP contribution in [0.3, 0.4) is 0 Å². The van der Waals surface area contributed by atoms with Crippen LogP contribution in [0, 0.1) is 0 Å². The van der Waals surface area contributed by atoms with Crippen molar-refractivity contribution < 1.29 is 9.01 Å². The van der Waals surface area contributed by atoms with Gasteiger partial charge in [-0.05, 0) is 0 Å². The lowest BCUT2D eigenvalue weighted by Crippen LogP contribution is -1.51. The Hall–Kier alpha value is 0.700. The first-order valence-electron chi connectivity index (χ1n) is 0.585. The summed E-state index contributed by atoms with van der Waals surface area (Å²) in [5.74, 6) is 0. The molecule has 4 heavy (non-hydrogen) atoms. The SMILES string of the molecule is POOS. The van der Waals surface area contributed by atoms with Gasteiger partial charge in [0.1, 0.15) is 0 Å². The van der Waals surface area contributed by atoms with Crippen molar-refractivity contribution in [2.24, 2.45) is 0 Å². The Balaban J connectivity index is 1.97. The van der Waals surface area contributed by atoms with Crippen LogP contribution in [0.15, 0.2) is 0 Å². The molecule has 0 aromatic heterocycles. The Kier molecular flexibility index (Phi) is 4.35. The van der Waals surface area contributed by atoms with Crippen molar-refractivity contribution in [2.75, 3.05) is 0 Å². The standard InChI is InChI=1S/H3O2PS/c3-1-2-4/h4H,3H2. The van der Waals surface area contributed by atoms with Crippen molar-refractivity contribution in [1.29, 1.82) is 0 Å². The fourth-order valence-corrected chi connectivity index (χ4v) is 0. The second-order valence-electron chi connectivity index (χ2n) is 0.171. The highest BCUT2D eigenvalue weighted by Crippen LogP contribution is 1.86. The van der Waals surface area contributed by atoms with Crippen LogP contribution in [-0.4, -0.2) is 0 Å². The summed E-state index contributed by atoms with van der Waals surface area (Å²) in [4.78, 5) is 0. The van der Waals surface area contributed by atoms with Crippen LogP contribution in [0.1, 0.15) is 0 Å². The summed E-state index contributed by atoms with van der Waals surface area (Å²) >= 11 is 3.18. The molecule has 0 saturated carbocycles. The van der Waals surface area contributed by atoms with Gasteiger partial charge in [-0.2, -0.15) is 4.33 Å². The molecule has 0 fully saturated rings. The van der Waals surface area contributed by atoms with Crippen molar-refractivity contribution in [3.8, 4) is 0 Å². The highest BCUT2D eigenvalue weighted by atomic mass is 32.1. The van der Waals surface area contributed by atoms with E-state index in [0.717, 1.165) is 0 Å². The van der Waals surface area contributed by atoms with Gasteiger partial charge in [-0.25, -0.2) is 4.67 Å². The fraction of sp³-hybridized carbons (Fsp3) is 0. The molecule has 0 amide bonds. The second kappa shape index (κ2) is 3.70. The number of hydrogen-bond acceptors (Lipinski definition) is 3. The molecule has 0 radical (unpaired) electrons. The maximum Gasteiger partial charge on any atom is 0.0434 e. The van der Waals surface area contributed by atoms with E-state index in [0.29, 0.717) is 0 Å². The Labute approximate surface area is 32.3 Å². The molecule has 0 rings (SSSR count). The first-order valence-corrected chi connectivity index (χ1v) is 1.42. The van der Waals surface area contributed by atoms with E-state index in [4.69, 9.17) is 0 Å². The summed E-state index contributed by atoms with van der Waals surface area (Å²) in [6.07, 6.45) is 0. The van der Waals surface area contributed by atoms with Gasteiger partial charge in [-0.15, -0.1) is 0 Å². The molecule has 0 bridgehead atoms. The zero-order valence-electron chi connectivity index (χ0n) is 1.84. The predicted molar refractivity (Wildman–Crippen MR) is 20.9 cm³/mol. The topological polar surface area (TPSA) is 18.5 Å². The predicted octanol–water partition coefficient (Wildman–Crippen LogP) is 0.569. The molecule has 26 valence electrons. The quantitative estimate of drug-likeness (QED) is 0.170. The van der Waals surface area contributed by atoms with Gasteiger partial charge in [0.05, 0.1) is 0 Å². The molecule has 0 spiro atoms. The molecule has 0 aliphatic rings. The summed E-state index contributed by atoms with van der Waals surface area (Å²) < 4.78 is 7.52. The van der Waals surface area contributed by atoms with Gasteiger partial charge in [0.2, 0.25) is 0 Å². The monoisotopic (exact) mass is 98.0 g/mol. The van der Waals surface area contributed by atoms with Crippen molar-refractivity contribution >= 4 is 22.4 Å². The summed E-state index contributed by atoms with van der Waals surface area (Å²) in [5, 5.41) is 0. The zero-order chi connectivity index (χ0) is 3.41. The molecule has 0 aromatic carbocycles. The highest BCUT2D eigenvalue weighted by molar-refractivity contribution is 7.75. The molecule has 4 heteroatoms. The third-order valence-electron chi connectivity index (χ3n) is 0.0430. The lowest BCUT2D eigenvalue weighted by Gasteiger charge is -1.75. The summed E-state index contributed by atoms with van der Waals surface area (Å²) in [6.45, 7) is 0. The second-order valence-corrected chi connectivity index (χ2v) is 0.512. The summed E-state index contributed by atoms with van der Waals surface area (Å²) in [5.41, 5.74) is 0. The molecule has 1 unspecified atom stereocenters. The average Bonchev–Trinajstić information content (AvgIpc) is 1.37. The van der Waals surface area contributed by atoms with Crippen molar-refractivity contribution in [1.82, 2.24) is 0 Å². The van der Waals surface area contributed by atoms with Crippen molar-refractivity contribution in [3.05, 3.63) is 0 Å². The first-order chi connectivity index (χ1) is 1.91. The van der Waals surface area contributed by atoms with Crippen LogP contribution in [0.5, 0.6) is 0 Å². The van der Waals surface area contributed by atoms with Gasteiger partial charge < -0.3 is 0 Å². The molecule has 0 saturated heterocycles. The third-order valence-corrected chi connectivity index (χ3v) is 0.387. The Bertz CT molecular complexity index is 8.00. The van der Waals surface area contributed by atoms with Gasteiger partial charge in [0, 0.05) is 22.4 Å². The van der Waals surface area contributed by atoms with Crippen molar-refractivity contribution in [2.45, 2.75) is 0 Å². The normalized spacial score (nSPS) is 7.50. The van der Waals surface area contributed by atoms with Crippen LogP contribution < -0.4 is 0 Å². The van der Waals surface area contributed by atoms with Crippen molar-refractivity contribution in [3.63, 3.8) is 0 Å². The number of rotatable bonds is 1. The third kappa shape index (κ3) is 2.70. The molecule has 0 aliphatic carbocycles. The zero-order valence-corrected chi connectivity index (χ0v) is 3.89. The number of hydrogen-bond donors (Lipinski definition) is 1. The Morgan fingerprint density at radius 2 is 2.00 bits per heavy atom. The lowest BCUT2D eigenvalue weighted by atomic mass is 14.9. The minimum absolute atomic E-state index is 1.86. The van der Waals surface area contributed by atoms with E-state index in [1.165, 1.54) is 0 Å². The van der Waals surface area contributed by atoms with Gasteiger partial charge in [-0.1, -0.05) is 0 Å². The maximum absolute atomic E-state index is 3.82. The van der Waals surface area contributed by atoms with E-state index in [2.05, 4.69) is 21.9 Å². The highest BCUT2D eigenvalue weighted by Gasteiger charge is 1.50. The minimum atomic E-state index is 1.86. The van der Waals surface area contributed by atoms with Crippen LogP contribution in [0.25, 0.3) is 0 Å². The van der Waals surface area contributed by atoms with Gasteiger partial charge in [0.25, 0.3) is 0 Å². The molecule has 0 N–H and O–H groups in total. The smallest absolute Gasteiger partial charge is 0.0434 e. The maximum atomic E-state index is 3.82. The molecular weight excluding hydrogens is 95.0 g/mol. The van der Waals surface area contributed by atoms with Gasteiger partial charge in [0.15, 0.2) is 0 Å². The molecule has 1 atom stereocenters. The molecule has 2 nitrogen and oxygen atoms in total. The summed E-state index contributed by atoms with van der Waals surface area (Å²) in [6, 6.07) is 0. The molecule has 0 aliphatic heterocycles. The van der Waals surface area contributed by atoms with E-state index >= 15 is 0 Å². The lowest BCUT2D eigenvalue weighted by molar-refractivity contribution is -0.0519. The average molecular weight is 98.1 g/mol. The van der Waals surface area contributed by atoms with Crippen LogP contribution in [-0.2, 0) is 9.01 Å². The fourth-order valence-electron chi connectivity index (χ4n) is 0. The van der Waals surface area contributed by atoms with Gasteiger partial charge in [-0.3, -0.25) is 0 Å². The van der Waals surface area contributed by atoms with Crippen LogP contribution in [0.2, 0.25) is 0 Å². The van der Waals surface area contributed by atoms with E-state index in [1.807, 2.05) is 9.47 Å². The molecular formula is H3O2PS. The molecule has 0 heterocycles. The molecule has 0 aromatic rings. The van der Waals surface area contributed by atoms with Gasteiger partial charge >= 0.3 is 0 Å². The Morgan fingerprint density at radius 3 is 2.00 bits per heavy atom. The number of thiol groups is 1. The minimum Gasteiger partial charge on any atom is -0.210 e. The van der Waals surface area contributed by atoms with E-state index < -0.39 is 0 Å². The van der Waals surface area contributed by atoms with E-state index in [9.17, 15) is 0 Å². The Morgan fingerprint density at radius 1 is 1.75 bits per heavy atom. The van der Waals surface area contributed by atoms with E-state index in [1.54, 1.807) is 0 Å². The first kappa shape index (κ1) is 4.70. The largest absolute Gasteiger partial charge is 0.210 e. The summed E-state index contributed by atoms with van der Waals surface area (Å²) in [7, 11) is 1.86. The van der Waals surface area contributed by atoms with Crippen LogP contribution >= 0.6 is 22.4 Å². The van der Waals surface area contributed by atoms with Crippen LogP contribution in [0.4, 0.5) is 0 Å². The van der Waals surface area contributed by atoms with E-state index in [-0.39, 0.29) is 0 Å².